The molecule has 10 rings (SSSR count). The van der Waals surface area contributed by atoms with Crippen LogP contribution in [0.4, 0.5) is 0 Å². The number of hydrogen-bond acceptors (Lipinski definition) is 6. The van der Waals surface area contributed by atoms with Gasteiger partial charge in [-0.2, -0.15) is 9.97 Å². The van der Waals surface area contributed by atoms with E-state index in [1.807, 2.05) is 18.2 Å². The van der Waals surface area contributed by atoms with Crippen molar-refractivity contribution in [2.75, 3.05) is 0 Å². The third kappa shape index (κ3) is 4.40. The van der Waals surface area contributed by atoms with Crippen LogP contribution in [0.1, 0.15) is 11.1 Å². The van der Waals surface area contributed by atoms with E-state index in [-0.39, 0.29) is 0 Å². The highest BCUT2D eigenvalue weighted by Gasteiger charge is 2.22. The Balaban J connectivity index is 1.27. The molecule has 4 aromatic heterocycles. The molecule has 6 nitrogen and oxygen atoms in total. The van der Waals surface area contributed by atoms with Crippen molar-refractivity contribution in [2.45, 2.75) is 13.8 Å². The molecule has 0 saturated carbocycles. The first-order valence-electron chi connectivity index (χ1n) is 16.2. The van der Waals surface area contributed by atoms with E-state index in [9.17, 15) is 0 Å². The molecular weight excluding hydrogens is 623 g/mol. The van der Waals surface area contributed by atoms with Crippen LogP contribution in [0.15, 0.2) is 132 Å². The van der Waals surface area contributed by atoms with Crippen molar-refractivity contribution >= 4 is 64.4 Å². The number of aryl methyl sites for hydroxylation is 2. The summed E-state index contributed by atoms with van der Waals surface area (Å²) in [5, 5.41) is 4.70. The Morgan fingerprint density at radius 2 is 1.16 bits per heavy atom. The van der Waals surface area contributed by atoms with Crippen LogP contribution in [-0.4, -0.2) is 24.5 Å². The molecule has 0 radical (unpaired) electrons. The van der Waals surface area contributed by atoms with Crippen molar-refractivity contribution in [2.24, 2.45) is 0 Å². The highest BCUT2D eigenvalue weighted by Crippen LogP contribution is 2.40. The molecular formula is C42H27N5OS. The number of para-hydroxylation sites is 3. The van der Waals surface area contributed by atoms with Crippen LogP contribution < -0.4 is 0 Å². The van der Waals surface area contributed by atoms with Crippen LogP contribution in [0, 0.1) is 13.8 Å². The summed E-state index contributed by atoms with van der Waals surface area (Å²) in [7, 11) is 0. The number of fused-ring (bicyclic) bond motifs is 7. The van der Waals surface area contributed by atoms with E-state index in [2.05, 4.69) is 128 Å². The summed E-state index contributed by atoms with van der Waals surface area (Å²) in [6.45, 7) is 4.18. The molecule has 0 N–H and O–H groups in total. The first-order chi connectivity index (χ1) is 24.1. The van der Waals surface area contributed by atoms with Crippen LogP contribution in [0.2, 0.25) is 0 Å². The fourth-order valence-electron chi connectivity index (χ4n) is 7.11. The molecule has 232 valence electrons. The summed E-state index contributed by atoms with van der Waals surface area (Å²) in [5.74, 6) is 2.24. The monoisotopic (exact) mass is 649 g/mol. The largest absolute Gasteiger partial charge is 0.435 e. The molecule has 0 unspecified atom stereocenters. The topological polar surface area (TPSA) is 69.6 Å². The minimum Gasteiger partial charge on any atom is -0.435 e. The Labute approximate surface area is 285 Å². The van der Waals surface area contributed by atoms with Crippen molar-refractivity contribution in [3.8, 4) is 40.2 Å². The van der Waals surface area contributed by atoms with Gasteiger partial charge in [-0.05, 0) is 62.4 Å². The van der Waals surface area contributed by atoms with Crippen molar-refractivity contribution in [1.29, 1.82) is 0 Å². The molecule has 0 aliphatic carbocycles. The molecule has 49 heavy (non-hydrogen) atoms. The minimum atomic E-state index is 0.522. The Bertz CT molecular complexity index is 2860. The number of thiophene rings is 1. The third-order valence-electron chi connectivity index (χ3n) is 9.17. The van der Waals surface area contributed by atoms with Gasteiger partial charge >= 0.3 is 0 Å². The van der Waals surface area contributed by atoms with Gasteiger partial charge in [-0.1, -0.05) is 90.0 Å². The molecule has 0 spiro atoms. The van der Waals surface area contributed by atoms with E-state index in [0.29, 0.717) is 29.1 Å². The Kier molecular flexibility index (Phi) is 6.07. The average molecular weight is 650 g/mol. The maximum atomic E-state index is 6.56. The summed E-state index contributed by atoms with van der Waals surface area (Å²) in [4.78, 5) is 20.6. The second kappa shape index (κ2) is 10.7. The maximum Gasteiger partial charge on any atom is 0.238 e. The first-order valence-corrected chi connectivity index (χ1v) is 17.0. The summed E-state index contributed by atoms with van der Waals surface area (Å²) >= 11 is 1.76. The van der Waals surface area contributed by atoms with E-state index in [0.717, 1.165) is 59.8 Å². The van der Waals surface area contributed by atoms with E-state index < -0.39 is 0 Å². The predicted molar refractivity (Wildman–Crippen MR) is 200 cm³/mol. The summed E-state index contributed by atoms with van der Waals surface area (Å²) in [6, 6.07) is 44.0. The molecule has 0 fully saturated rings. The highest BCUT2D eigenvalue weighted by atomic mass is 32.1. The number of aromatic nitrogens is 5. The number of oxazole rings is 1. The van der Waals surface area contributed by atoms with E-state index in [1.54, 1.807) is 11.3 Å². The number of hydrogen-bond donors (Lipinski definition) is 0. The highest BCUT2D eigenvalue weighted by molar-refractivity contribution is 7.26. The SMILES string of the molecule is Cc1cc(C)cc(-c2nc3cccc(-c4nc(-c5cccc6c5sc5ccccc56)nc(-n5c6ccccc6c6ccccc65)n4)c3o2)c1. The molecule has 0 saturated heterocycles. The number of rotatable bonds is 4. The van der Waals surface area contributed by atoms with Gasteiger partial charge in [0.1, 0.15) is 5.52 Å². The summed E-state index contributed by atoms with van der Waals surface area (Å²) < 4.78 is 11.1. The Morgan fingerprint density at radius 3 is 1.92 bits per heavy atom. The van der Waals surface area contributed by atoms with Crippen LogP contribution >= 0.6 is 11.3 Å². The average Bonchev–Trinajstić information content (AvgIpc) is 3.83. The van der Waals surface area contributed by atoms with Gasteiger partial charge in [0.25, 0.3) is 0 Å². The lowest BCUT2D eigenvalue weighted by Gasteiger charge is -2.11. The lowest BCUT2D eigenvalue weighted by atomic mass is 10.1. The molecule has 0 aliphatic rings. The van der Waals surface area contributed by atoms with Crippen molar-refractivity contribution < 1.29 is 4.42 Å². The third-order valence-corrected chi connectivity index (χ3v) is 10.4. The van der Waals surface area contributed by atoms with Crippen molar-refractivity contribution in [3.05, 3.63) is 139 Å². The van der Waals surface area contributed by atoms with E-state index in [1.165, 1.54) is 15.5 Å². The number of nitrogens with zero attached hydrogens (tertiary/aromatic N) is 5. The molecule has 4 heterocycles. The lowest BCUT2D eigenvalue weighted by molar-refractivity contribution is 0.620. The summed E-state index contributed by atoms with van der Waals surface area (Å²) in [6.07, 6.45) is 0. The second-order valence-corrected chi connectivity index (χ2v) is 13.5. The van der Waals surface area contributed by atoms with Gasteiger partial charge in [0.2, 0.25) is 11.8 Å². The predicted octanol–water partition coefficient (Wildman–Crippen LogP) is 11.1. The standard InChI is InChI=1S/C42H27N5OS/c1-24-21-25(2)23-26(22-24)41-43-33-17-10-15-31(37(33)48-41)39-44-40(32-16-9-14-30-29-13-5-8-20-36(29)49-38(30)32)46-42(45-39)47-34-18-6-3-11-27(34)28-12-4-7-19-35(28)47/h3-23H,1-2H3. The van der Waals surface area contributed by atoms with Gasteiger partial charge in [-0.3, -0.25) is 4.57 Å². The Hall–Kier alpha value is -6.18. The first kappa shape index (κ1) is 27.9. The van der Waals surface area contributed by atoms with Gasteiger partial charge in [0.05, 0.1) is 16.6 Å². The molecule has 0 atom stereocenters. The van der Waals surface area contributed by atoms with Crippen LogP contribution in [0.25, 0.3) is 93.3 Å². The summed E-state index contributed by atoms with van der Waals surface area (Å²) in [5.41, 5.74) is 8.43. The molecule has 0 bridgehead atoms. The smallest absolute Gasteiger partial charge is 0.238 e. The molecule has 10 aromatic rings. The quantitative estimate of drug-likeness (QED) is 0.190. The zero-order chi connectivity index (χ0) is 32.6. The molecule has 7 heteroatoms. The Morgan fingerprint density at radius 1 is 0.551 bits per heavy atom. The van der Waals surface area contributed by atoms with Crippen LogP contribution in [0.5, 0.6) is 0 Å². The fraction of sp³-hybridized carbons (Fsp3) is 0.0476. The van der Waals surface area contributed by atoms with Gasteiger partial charge in [0.15, 0.2) is 17.2 Å². The normalized spacial score (nSPS) is 11.9. The van der Waals surface area contributed by atoms with Crippen molar-refractivity contribution in [3.63, 3.8) is 0 Å². The van der Waals surface area contributed by atoms with Gasteiger partial charge < -0.3 is 4.42 Å². The number of benzene rings is 6. The maximum absolute atomic E-state index is 6.56. The zero-order valence-electron chi connectivity index (χ0n) is 26.7. The molecule has 6 aromatic carbocycles. The van der Waals surface area contributed by atoms with E-state index >= 15 is 0 Å². The van der Waals surface area contributed by atoms with Gasteiger partial charge in [-0.25, -0.2) is 9.97 Å². The molecule has 0 amide bonds. The van der Waals surface area contributed by atoms with Gasteiger partial charge in [0, 0.05) is 42.1 Å². The van der Waals surface area contributed by atoms with Gasteiger partial charge in [-0.15, -0.1) is 11.3 Å². The van der Waals surface area contributed by atoms with Crippen molar-refractivity contribution in [1.82, 2.24) is 24.5 Å². The van der Waals surface area contributed by atoms with E-state index in [4.69, 9.17) is 24.4 Å². The van der Waals surface area contributed by atoms with Crippen LogP contribution in [-0.2, 0) is 0 Å². The minimum absolute atomic E-state index is 0.522. The molecule has 0 aliphatic heterocycles. The zero-order valence-corrected chi connectivity index (χ0v) is 27.5. The van der Waals surface area contributed by atoms with Crippen LogP contribution in [0.3, 0.4) is 0 Å². The second-order valence-electron chi connectivity index (χ2n) is 12.5. The lowest BCUT2D eigenvalue weighted by Crippen LogP contribution is -2.06. The fourth-order valence-corrected chi connectivity index (χ4v) is 8.33.